The van der Waals surface area contributed by atoms with Crippen LogP contribution in [0.4, 0.5) is 0 Å². The smallest absolute Gasteiger partial charge is 0.212 e. The van der Waals surface area contributed by atoms with Gasteiger partial charge in [0.25, 0.3) is 0 Å². The molecule has 2 aromatic rings. The van der Waals surface area contributed by atoms with E-state index in [0.29, 0.717) is 28.2 Å². The molecule has 1 N–H and O–H groups in total. The molecule has 1 aliphatic rings. The minimum absolute atomic E-state index is 0.0512. The molecule has 1 heterocycles. The molecule has 1 aromatic heterocycles. The Morgan fingerprint density at radius 1 is 1.29 bits per heavy atom. The minimum Gasteiger partial charge on any atom is -0.410 e. The maximum Gasteiger partial charge on any atom is 0.212 e. The molecule has 3 rings (SSSR count). The van der Waals surface area contributed by atoms with E-state index in [1.54, 1.807) is 12.1 Å². The molecule has 0 radical (unpaired) electrons. The third kappa shape index (κ3) is 1.96. The van der Waals surface area contributed by atoms with Crippen LogP contribution in [-0.4, -0.2) is 26.3 Å². The van der Waals surface area contributed by atoms with Crippen LogP contribution in [0.3, 0.4) is 0 Å². The number of carbonyl (C=O) groups is 1. The lowest BCUT2D eigenvalue weighted by Gasteiger charge is -2.17. The van der Waals surface area contributed by atoms with Gasteiger partial charge in [0.15, 0.2) is 0 Å². The second kappa shape index (κ2) is 5.16. The van der Waals surface area contributed by atoms with Gasteiger partial charge in [-0.05, 0) is 13.3 Å². The van der Waals surface area contributed by atoms with Crippen LogP contribution >= 0.6 is 0 Å². The quantitative estimate of drug-likeness (QED) is 0.593. The van der Waals surface area contributed by atoms with Crippen LogP contribution < -0.4 is 0 Å². The fourth-order valence-corrected chi connectivity index (χ4v) is 2.79. The van der Waals surface area contributed by atoms with Gasteiger partial charge in [-0.1, -0.05) is 42.8 Å². The molecule has 5 nitrogen and oxygen atoms in total. The zero-order valence-corrected chi connectivity index (χ0v) is 12.1. The van der Waals surface area contributed by atoms with E-state index in [2.05, 4.69) is 17.1 Å². The van der Waals surface area contributed by atoms with Crippen molar-refractivity contribution in [3.8, 4) is 0 Å². The van der Waals surface area contributed by atoms with Crippen LogP contribution in [0.2, 0.25) is 0 Å². The summed E-state index contributed by atoms with van der Waals surface area (Å²) in [5, 5.41) is 12.8. The van der Waals surface area contributed by atoms with Crippen LogP contribution in [0.25, 0.3) is 0 Å². The molecular weight excluding hydrogens is 266 g/mol. The summed E-state index contributed by atoms with van der Waals surface area (Å²) in [7, 11) is 0. The summed E-state index contributed by atoms with van der Waals surface area (Å²) in [5.41, 5.74) is 2.59. The van der Waals surface area contributed by atoms with Crippen molar-refractivity contribution >= 4 is 11.5 Å². The molecule has 0 aliphatic heterocycles. The molecule has 108 valence electrons. The van der Waals surface area contributed by atoms with Gasteiger partial charge in [0, 0.05) is 17.7 Å². The Balaban J connectivity index is 2.23. The molecule has 5 heteroatoms. The first kappa shape index (κ1) is 13.5. The van der Waals surface area contributed by atoms with E-state index in [1.165, 1.54) is 0 Å². The predicted octanol–water partition coefficient (Wildman–Crippen LogP) is 2.76. The molecule has 0 atom stereocenters. The van der Waals surface area contributed by atoms with Crippen molar-refractivity contribution < 1.29 is 10.0 Å². The molecule has 0 saturated carbocycles. The normalized spacial score (nSPS) is 15.1. The number of unbranched alkanes of at least 4 members (excludes halogenated alkanes) is 1. The molecule has 0 amide bonds. The Labute approximate surface area is 122 Å². The van der Waals surface area contributed by atoms with E-state index in [-0.39, 0.29) is 5.78 Å². The Bertz CT molecular complexity index is 744. The van der Waals surface area contributed by atoms with Crippen molar-refractivity contribution in [2.75, 3.05) is 0 Å². The Morgan fingerprint density at radius 3 is 2.67 bits per heavy atom. The van der Waals surface area contributed by atoms with Gasteiger partial charge < -0.3 is 9.77 Å². The average Bonchev–Trinajstić information content (AvgIpc) is 2.82. The number of benzene rings is 1. The van der Waals surface area contributed by atoms with Gasteiger partial charge in [-0.3, -0.25) is 4.79 Å². The van der Waals surface area contributed by atoms with Crippen LogP contribution in [0.5, 0.6) is 0 Å². The highest BCUT2D eigenvalue weighted by molar-refractivity contribution is 6.28. The number of oxime groups is 1. The highest BCUT2D eigenvalue weighted by atomic mass is 16.4. The van der Waals surface area contributed by atoms with Crippen molar-refractivity contribution in [2.45, 2.75) is 33.2 Å². The van der Waals surface area contributed by atoms with Crippen molar-refractivity contribution in [2.24, 2.45) is 5.16 Å². The number of hydrogen-bond acceptors (Lipinski definition) is 4. The highest BCUT2D eigenvalue weighted by Gasteiger charge is 2.33. The van der Waals surface area contributed by atoms with E-state index < -0.39 is 0 Å². The molecule has 0 saturated heterocycles. The van der Waals surface area contributed by atoms with Gasteiger partial charge in [0.2, 0.25) is 5.78 Å². The minimum atomic E-state index is -0.0512. The Hall–Kier alpha value is -2.43. The van der Waals surface area contributed by atoms with Crippen LogP contribution in [0.15, 0.2) is 29.4 Å². The maximum absolute atomic E-state index is 12.8. The first-order valence-corrected chi connectivity index (χ1v) is 7.12. The Kier molecular flexibility index (Phi) is 3.33. The van der Waals surface area contributed by atoms with Gasteiger partial charge in [-0.25, -0.2) is 4.98 Å². The standard InChI is InChI=1S/C16H17N3O2/c1-3-4-9-19-10(2)17-14-13(18-21)11-7-5-6-8-12(11)16(20)15(14)19/h5-8,21H,3-4,9H2,1-2H3. The second-order valence-corrected chi connectivity index (χ2v) is 5.18. The van der Waals surface area contributed by atoms with Gasteiger partial charge in [-0.15, -0.1) is 0 Å². The lowest BCUT2D eigenvalue weighted by atomic mass is 9.89. The van der Waals surface area contributed by atoms with Crippen molar-refractivity contribution in [1.29, 1.82) is 0 Å². The van der Waals surface area contributed by atoms with Crippen molar-refractivity contribution in [1.82, 2.24) is 9.55 Å². The second-order valence-electron chi connectivity index (χ2n) is 5.18. The lowest BCUT2D eigenvalue weighted by Crippen LogP contribution is -2.24. The third-order valence-corrected chi connectivity index (χ3v) is 3.86. The number of imidazole rings is 1. The average molecular weight is 283 g/mol. The molecule has 1 aliphatic carbocycles. The van der Waals surface area contributed by atoms with E-state index in [1.807, 2.05) is 23.6 Å². The summed E-state index contributed by atoms with van der Waals surface area (Å²) in [5.74, 6) is 0.723. The van der Waals surface area contributed by atoms with Crippen LogP contribution in [0.1, 0.15) is 52.9 Å². The zero-order chi connectivity index (χ0) is 15.0. The fraction of sp³-hybridized carbons (Fsp3) is 0.312. The molecule has 0 spiro atoms. The maximum atomic E-state index is 12.8. The summed E-state index contributed by atoms with van der Waals surface area (Å²) in [4.78, 5) is 17.2. The molecule has 21 heavy (non-hydrogen) atoms. The molecule has 0 bridgehead atoms. The monoisotopic (exact) mass is 283 g/mol. The molecule has 0 unspecified atom stereocenters. The number of aryl methyl sites for hydroxylation is 1. The lowest BCUT2D eigenvalue weighted by molar-refractivity contribution is 0.102. The number of ketones is 1. The summed E-state index contributed by atoms with van der Waals surface area (Å²) in [6, 6.07) is 7.18. The van der Waals surface area contributed by atoms with Gasteiger partial charge in [-0.2, -0.15) is 0 Å². The van der Waals surface area contributed by atoms with Gasteiger partial charge in [0.05, 0.1) is 0 Å². The van der Waals surface area contributed by atoms with Crippen molar-refractivity contribution in [3.63, 3.8) is 0 Å². The highest BCUT2D eigenvalue weighted by Crippen LogP contribution is 2.28. The number of nitrogens with zero attached hydrogens (tertiary/aromatic N) is 3. The summed E-state index contributed by atoms with van der Waals surface area (Å²) in [6.45, 7) is 4.73. The molecule has 1 aromatic carbocycles. The van der Waals surface area contributed by atoms with E-state index in [0.717, 1.165) is 25.2 Å². The first-order chi connectivity index (χ1) is 10.2. The third-order valence-electron chi connectivity index (χ3n) is 3.86. The fourth-order valence-electron chi connectivity index (χ4n) is 2.79. The molecule has 0 fully saturated rings. The largest absolute Gasteiger partial charge is 0.410 e. The van der Waals surface area contributed by atoms with E-state index >= 15 is 0 Å². The number of rotatable bonds is 3. The topological polar surface area (TPSA) is 67.5 Å². The summed E-state index contributed by atoms with van der Waals surface area (Å²) in [6.07, 6.45) is 2.02. The number of hydrogen-bond donors (Lipinski definition) is 1. The van der Waals surface area contributed by atoms with Crippen molar-refractivity contribution in [3.05, 3.63) is 52.6 Å². The summed E-state index contributed by atoms with van der Waals surface area (Å²) >= 11 is 0. The molecular formula is C16H17N3O2. The Morgan fingerprint density at radius 2 is 2.00 bits per heavy atom. The predicted molar refractivity (Wildman–Crippen MR) is 79.2 cm³/mol. The number of aromatic nitrogens is 2. The van der Waals surface area contributed by atoms with E-state index in [4.69, 9.17) is 0 Å². The van der Waals surface area contributed by atoms with Crippen LogP contribution in [-0.2, 0) is 6.54 Å². The van der Waals surface area contributed by atoms with Gasteiger partial charge >= 0.3 is 0 Å². The first-order valence-electron chi connectivity index (χ1n) is 7.12. The zero-order valence-electron chi connectivity index (χ0n) is 12.1. The van der Waals surface area contributed by atoms with E-state index in [9.17, 15) is 10.0 Å². The van der Waals surface area contributed by atoms with Crippen LogP contribution in [0, 0.1) is 6.92 Å². The van der Waals surface area contributed by atoms with Gasteiger partial charge in [0.1, 0.15) is 22.9 Å². The number of carbonyl (C=O) groups excluding carboxylic acids is 1. The summed E-state index contributed by atoms with van der Waals surface area (Å²) < 4.78 is 1.93. The number of fused-ring (bicyclic) bond motifs is 2. The SMILES string of the molecule is CCCCn1c(C)nc2c1C(=O)c1ccccc1C2=NO.